The molecule has 0 radical (unpaired) electrons. The molecule has 0 unspecified atom stereocenters. The maximum atomic E-state index is 13.3. The molecule has 3 heteroatoms. The fourth-order valence-electron chi connectivity index (χ4n) is 2.17. The van der Waals surface area contributed by atoms with Crippen molar-refractivity contribution in [1.29, 1.82) is 0 Å². The van der Waals surface area contributed by atoms with Gasteiger partial charge in [0.15, 0.2) is 0 Å². The molecule has 1 N–H and O–H groups in total. The van der Waals surface area contributed by atoms with Gasteiger partial charge in [0, 0.05) is 0 Å². The molecule has 0 aliphatic heterocycles. The van der Waals surface area contributed by atoms with Gasteiger partial charge in [-0.3, -0.25) is 0 Å². The van der Waals surface area contributed by atoms with E-state index in [4.69, 9.17) is 9.84 Å². The molecule has 108 valence electrons. The van der Waals surface area contributed by atoms with E-state index in [9.17, 15) is 4.39 Å². The molecule has 0 saturated heterocycles. The third-order valence-corrected chi connectivity index (χ3v) is 2.92. The quantitative estimate of drug-likeness (QED) is 0.876. The molecule has 0 aromatic heterocycles. The fourth-order valence-corrected chi connectivity index (χ4v) is 2.17. The molecule has 0 saturated carbocycles. The van der Waals surface area contributed by atoms with Crippen LogP contribution in [-0.2, 0) is 6.61 Å². The number of aliphatic hydroxyl groups excluding tert-OH is 1. The molecular weight excluding hydrogens is 267 g/mol. The standard InChI is InChI=1S/C18H17FO2/c1-13-8-14(2)10-15(9-13)12-21-18-6-5-17(19)11-16(18)4-3-7-20/h5-6,8-11,20H,7,12H2,1-2H3. The number of halogens is 1. The zero-order valence-corrected chi connectivity index (χ0v) is 12.1. The van der Waals surface area contributed by atoms with Gasteiger partial charge in [-0.25, -0.2) is 4.39 Å². The Hall–Kier alpha value is -2.31. The molecule has 2 nitrogen and oxygen atoms in total. The van der Waals surface area contributed by atoms with Gasteiger partial charge in [-0.1, -0.05) is 41.2 Å². The second kappa shape index (κ2) is 6.92. The van der Waals surface area contributed by atoms with Crippen molar-refractivity contribution in [2.24, 2.45) is 0 Å². The summed E-state index contributed by atoms with van der Waals surface area (Å²) >= 11 is 0. The van der Waals surface area contributed by atoms with E-state index >= 15 is 0 Å². The summed E-state index contributed by atoms with van der Waals surface area (Å²) < 4.78 is 19.0. The molecule has 0 bridgehead atoms. The first-order valence-electron chi connectivity index (χ1n) is 6.68. The van der Waals surface area contributed by atoms with Crippen LogP contribution in [-0.4, -0.2) is 11.7 Å². The lowest BCUT2D eigenvalue weighted by atomic mass is 10.1. The number of ether oxygens (including phenoxy) is 1. The van der Waals surface area contributed by atoms with Gasteiger partial charge in [0.1, 0.15) is 24.8 Å². The van der Waals surface area contributed by atoms with Crippen molar-refractivity contribution in [3.8, 4) is 17.6 Å². The van der Waals surface area contributed by atoms with E-state index in [-0.39, 0.29) is 12.4 Å². The van der Waals surface area contributed by atoms with Crippen LogP contribution < -0.4 is 4.74 Å². The molecule has 0 spiro atoms. The van der Waals surface area contributed by atoms with Crippen LogP contribution >= 0.6 is 0 Å². The average molecular weight is 284 g/mol. The Labute approximate surface area is 124 Å². The summed E-state index contributed by atoms with van der Waals surface area (Å²) in [7, 11) is 0. The minimum Gasteiger partial charge on any atom is -0.488 e. The van der Waals surface area contributed by atoms with Crippen molar-refractivity contribution < 1.29 is 14.2 Å². The van der Waals surface area contributed by atoms with Gasteiger partial charge < -0.3 is 9.84 Å². The topological polar surface area (TPSA) is 29.5 Å². The maximum absolute atomic E-state index is 13.3. The van der Waals surface area contributed by atoms with E-state index in [1.165, 1.54) is 23.3 Å². The first kappa shape index (κ1) is 15.1. The van der Waals surface area contributed by atoms with E-state index in [2.05, 4.69) is 30.0 Å². The van der Waals surface area contributed by atoms with Gasteiger partial charge in [0.25, 0.3) is 0 Å². The number of aliphatic hydroxyl groups is 1. The molecule has 0 aliphatic carbocycles. The summed E-state index contributed by atoms with van der Waals surface area (Å²) in [5, 5.41) is 8.75. The predicted molar refractivity (Wildman–Crippen MR) is 80.6 cm³/mol. The Morgan fingerprint density at radius 1 is 1.10 bits per heavy atom. The Kier molecular flexibility index (Phi) is 4.97. The molecule has 2 aromatic rings. The van der Waals surface area contributed by atoms with Crippen LogP contribution in [0.3, 0.4) is 0 Å². The van der Waals surface area contributed by atoms with Crippen molar-refractivity contribution in [2.45, 2.75) is 20.5 Å². The summed E-state index contributed by atoms with van der Waals surface area (Å²) in [6.45, 7) is 4.19. The van der Waals surface area contributed by atoms with Crippen LogP contribution in [0.15, 0.2) is 36.4 Å². The van der Waals surface area contributed by atoms with E-state index < -0.39 is 0 Å². The van der Waals surface area contributed by atoms with Crippen molar-refractivity contribution in [3.63, 3.8) is 0 Å². The minimum atomic E-state index is -0.379. The lowest BCUT2D eigenvalue weighted by Gasteiger charge is -2.10. The molecule has 0 amide bonds. The van der Waals surface area contributed by atoms with Crippen molar-refractivity contribution in [1.82, 2.24) is 0 Å². The van der Waals surface area contributed by atoms with Gasteiger partial charge in [0.2, 0.25) is 0 Å². The second-order valence-corrected chi connectivity index (χ2v) is 4.89. The number of rotatable bonds is 3. The third kappa shape index (κ3) is 4.34. The number of benzene rings is 2. The van der Waals surface area contributed by atoms with Crippen molar-refractivity contribution >= 4 is 0 Å². The Balaban J connectivity index is 2.19. The number of aryl methyl sites for hydroxylation is 2. The summed E-state index contributed by atoms with van der Waals surface area (Å²) in [5.74, 6) is 5.34. The lowest BCUT2D eigenvalue weighted by Crippen LogP contribution is -1.99. The van der Waals surface area contributed by atoms with Gasteiger partial charge in [-0.05, 0) is 37.6 Å². The highest BCUT2D eigenvalue weighted by Gasteiger charge is 2.04. The maximum Gasteiger partial charge on any atom is 0.135 e. The zero-order chi connectivity index (χ0) is 15.2. The smallest absolute Gasteiger partial charge is 0.135 e. The van der Waals surface area contributed by atoms with Crippen LogP contribution in [0.4, 0.5) is 4.39 Å². The number of hydrogen-bond donors (Lipinski definition) is 1. The highest BCUT2D eigenvalue weighted by molar-refractivity contribution is 5.46. The molecule has 0 fully saturated rings. The Morgan fingerprint density at radius 2 is 1.81 bits per heavy atom. The molecule has 2 aromatic carbocycles. The SMILES string of the molecule is Cc1cc(C)cc(COc2ccc(F)cc2C#CCO)c1. The third-order valence-electron chi connectivity index (χ3n) is 2.92. The lowest BCUT2D eigenvalue weighted by molar-refractivity contribution is 0.304. The summed E-state index contributed by atoms with van der Waals surface area (Å²) in [5.41, 5.74) is 3.84. The highest BCUT2D eigenvalue weighted by Crippen LogP contribution is 2.20. The summed E-state index contributed by atoms with van der Waals surface area (Å²) in [6.07, 6.45) is 0. The average Bonchev–Trinajstić information content (AvgIpc) is 2.43. The molecular formula is C18H17FO2. The van der Waals surface area contributed by atoms with Gasteiger partial charge in [0.05, 0.1) is 5.56 Å². The van der Waals surface area contributed by atoms with E-state index in [0.717, 1.165) is 5.56 Å². The predicted octanol–water partition coefficient (Wildman–Crippen LogP) is 3.37. The van der Waals surface area contributed by atoms with E-state index in [1.54, 1.807) is 6.07 Å². The molecule has 2 rings (SSSR count). The van der Waals surface area contributed by atoms with E-state index in [1.807, 2.05) is 13.8 Å². The summed E-state index contributed by atoms with van der Waals surface area (Å²) in [6, 6.07) is 10.4. The molecule has 0 heterocycles. The zero-order valence-electron chi connectivity index (χ0n) is 12.1. The first-order chi connectivity index (χ1) is 10.1. The normalized spacial score (nSPS) is 9.90. The van der Waals surface area contributed by atoms with Gasteiger partial charge >= 0.3 is 0 Å². The first-order valence-corrected chi connectivity index (χ1v) is 6.68. The molecule has 0 aliphatic rings. The molecule has 21 heavy (non-hydrogen) atoms. The van der Waals surface area contributed by atoms with E-state index in [0.29, 0.717) is 17.9 Å². The van der Waals surface area contributed by atoms with Crippen molar-refractivity contribution in [2.75, 3.05) is 6.61 Å². The highest BCUT2D eigenvalue weighted by atomic mass is 19.1. The fraction of sp³-hybridized carbons (Fsp3) is 0.222. The van der Waals surface area contributed by atoms with Crippen LogP contribution in [0.25, 0.3) is 0 Å². The minimum absolute atomic E-state index is 0.271. The van der Waals surface area contributed by atoms with Crippen LogP contribution in [0.5, 0.6) is 5.75 Å². The van der Waals surface area contributed by atoms with Crippen LogP contribution in [0, 0.1) is 31.5 Å². The Morgan fingerprint density at radius 3 is 2.48 bits per heavy atom. The second-order valence-electron chi connectivity index (χ2n) is 4.89. The summed E-state index contributed by atoms with van der Waals surface area (Å²) in [4.78, 5) is 0. The van der Waals surface area contributed by atoms with Gasteiger partial charge in [-0.2, -0.15) is 0 Å². The molecule has 0 atom stereocenters. The largest absolute Gasteiger partial charge is 0.488 e. The van der Waals surface area contributed by atoms with Crippen molar-refractivity contribution in [3.05, 3.63) is 64.5 Å². The number of hydrogen-bond acceptors (Lipinski definition) is 2. The van der Waals surface area contributed by atoms with Gasteiger partial charge in [-0.15, -0.1) is 0 Å². The monoisotopic (exact) mass is 284 g/mol. The Bertz CT molecular complexity index is 676. The van der Waals surface area contributed by atoms with Crippen LogP contribution in [0.1, 0.15) is 22.3 Å². The van der Waals surface area contributed by atoms with Crippen LogP contribution in [0.2, 0.25) is 0 Å².